The molecule has 1 saturated heterocycles. The van der Waals surface area contributed by atoms with Crippen LogP contribution in [0.3, 0.4) is 0 Å². The fourth-order valence-corrected chi connectivity index (χ4v) is 3.32. The Hall–Kier alpha value is -0.400. The van der Waals surface area contributed by atoms with Crippen LogP contribution in [-0.4, -0.2) is 23.2 Å². The first-order valence-corrected chi connectivity index (χ1v) is 5.93. The molecule has 0 aromatic rings. The minimum Gasteiger partial charge on any atom is -0.312 e. The average Bonchev–Trinajstić information content (AvgIpc) is 2.18. The summed E-state index contributed by atoms with van der Waals surface area (Å²) < 4.78 is 0. The molecule has 0 radical (unpaired) electrons. The number of halogens is 1. The van der Waals surface area contributed by atoms with Gasteiger partial charge >= 0.3 is 0 Å². The highest BCUT2D eigenvalue weighted by molar-refractivity contribution is 9.09. The molecule has 0 aromatic heterocycles. The van der Waals surface area contributed by atoms with Gasteiger partial charge in [0.2, 0.25) is 0 Å². The van der Waals surface area contributed by atoms with E-state index in [2.05, 4.69) is 27.3 Å². The van der Waals surface area contributed by atoms with Crippen molar-refractivity contribution < 1.29 is 4.79 Å². The lowest BCUT2D eigenvalue weighted by Gasteiger charge is -2.40. The minimum atomic E-state index is -0.0117. The van der Waals surface area contributed by atoms with E-state index in [1.165, 1.54) is 0 Å². The predicted octanol–water partition coefficient (Wildman–Crippen LogP) is 1.23. The van der Waals surface area contributed by atoms with Gasteiger partial charge < -0.3 is 5.32 Å². The van der Waals surface area contributed by atoms with Gasteiger partial charge in [-0.05, 0) is 12.8 Å². The molecule has 0 bridgehead atoms. The summed E-state index contributed by atoms with van der Waals surface area (Å²) in [5.74, 6) is 0.382. The molecular weight excluding hydrogens is 244 g/mol. The zero-order chi connectivity index (χ0) is 10.1. The number of nitrogens with one attached hydrogen (secondary N) is 1. The van der Waals surface area contributed by atoms with Gasteiger partial charge in [-0.25, -0.2) is 0 Å². The maximum Gasteiger partial charge on any atom is 0.138 e. The molecule has 0 spiro atoms. The molecule has 1 saturated carbocycles. The van der Waals surface area contributed by atoms with Gasteiger partial charge in [0.15, 0.2) is 0 Å². The Bertz CT molecular complexity index is 286. The second-order valence-corrected chi connectivity index (χ2v) is 5.40. The summed E-state index contributed by atoms with van der Waals surface area (Å²) in [6.45, 7) is 0.741. The molecule has 2 fully saturated rings. The third-order valence-corrected chi connectivity index (χ3v) is 3.96. The van der Waals surface area contributed by atoms with Crippen LogP contribution in [-0.2, 0) is 4.79 Å². The van der Waals surface area contributed by atoms with Crippen LogP contribution in [0.2, 0.25) is 0 Å². The number of Topliss-reactive ketones (excluding diaryl/α,β-unsaturated/α-hetero) is 1. The van der Waals surface area contributed by atoms with Crippen LogP contribution in [0, 0.1) is 23.2 Å². The quantitative estimate of drug-likeness (QED) is 0.664. The average molecular weight is 257 g/mol. The highest BCUT2D eigenvalue weighted by Gasteiger charge is 2.42. The molecule has 14 heavy (non-hydrogen) atoms. The van der Waals surface area contributed by atoms with Crippen molar-refractivity contribution in [2.24, 2.45) is 11.8 Å². The molecule has 2 aliphatic rings. The summed E-state index contributed by atoms with van der Waals surface area (Å²) in [7, 11) is 0. The number of piperidine rings is 1. The van der Waals surface area contributed by atoms with Gasteiger partial charge in [0.05, 0.1) is 12.0 Å². The van der Waals surface area contributed by atoms with Gasteiger partial charge in [0, 0.05) is 29.8 Å². The Morgan fingerprint density at radius 1 is 1.50 bits per heavy atom. The number of alkyl halides is 1. The number of hydrogen-bond donors (Lipinski definition) is 1. The number of nitrogens with zero attached hydrogens (tertiary/aromatic N) is 1. The van der Waals surface area contributed by atoms with Crippen molar-refractivity contribution in [3.8, 4) is 6.07 Å². The zero-order valence-electron chi connectivity index (χ0n) is 7.87. The van der Waals surface area contributed by atoms with Crippen LogP contribution in [0.5, 0.6) is 0 Å². The van der Waals surface area contributed by atoms with Crippen LogP contribution in [0.15, 0.2) is 0 Å². The molecule has 0 aromatic carbocycles. The number of carbonyl (C=O) groups excluding carboxylic acids is 1. The van der Waals surface area contributed by atoms with Crippen molar-refractivity contribution in [2.75, 3.05) is 6.54 Å². The SMILES string of the molecule is N#CC1CC(Br)CC2C(=O)CCNC12. The minimum absolute atomic E-state index is 0.0117. The van der Waals surface area contributed by atoms with Crippen LogP contribution in [0.25, 0.3) is 0 Å². The van der Waals surface area contributed by atoms with Gasteiger partial charge in [0.25, 0.3) is 0 Å². The Labute approximate surface area is 92.0 Å². The van der Waals surface area contributed by atoms with Gasteiger partial charge in [0.1, 0.15) is 5.78 Å². The third-order valence-electron chi connectivity index (χ3n) is 3.22. The van der Waals surface area contributed by atoms with Gasteiger partial charge in [-0.1, -0.05) is 15.9 Å². The number of ketones is 1. The Morgan fingerprint density at radius 2 is 2.29 bits per heavy atom. The summed E-state index contributed by atoms with van der Waals surface area (Å²) in [5, 5.41) is 12.3. The Kier molecular flexibility index (Phi) is 2.89. The van der Waals surface area contributed by atoms with Crippen LogP contribution in [0.1, 0.15) is 19.3 Å². The highest BCUT2D eigenvalue weighted by Crippen LogP contribution is 2.35. The standard InChI is InChI=1S/C10H13BrN2O/c11-7-3-6(5-12)10-8(4-7)9(14)1-2-13-10/h6-8,10,13H,1-4H2. The molecule has 4 atom stereocenters. The zero-order valence-corrected chi connectivity index (χ0v) is 9.46. The second kappa shape index (κ2) is 4.00. The lowest BCUT2D eigenvalue weighted by molar-refractivity contribution is -0.126. The number of rotatable bonds is 0. The van der Waals surface area contributed by atoms with E-state index in [9.17, 15) is 4.79 Å². The number of hydrogen-bond acceptors (Lipinski definition) is 3. The molecule has 0 amide bonds. The van der Waals surface area contributed by atoms with Crippen molar-refractivity contribution >= 4 is 21.7 Å². The first kappa shape index (κ1) is 10.1. The molecule has 4 heteroatoms. The molecule has 1 heterocycles. The summed E-state index contributed by atoms with van der Waals surface area (Å²) in [6, 6.07) is 2.42. The molecule has 1 N–H and O–H groups in total. The van der Waals surface area contributed by atoms with Crippen LogP contribution in [0.4, 0.5) is 0 Å². The number of nitriles is 1. The van der Waals surface area contributed by atoms with E-state index in [1.807, 2.05) is 0 Å². The van der Waals surface area contributed by atoms with E-state index in [-0.39, 0.29) is 17.9 Å². The van der Waals surface area contributed by atoms with Crippen molar-refractivity contribution in [3.05, 3.63) is 0 Å². The van der Waals surface area contributed by atoms with Crippen molar-refractivity contribution in [3.63, 3.8) is 0 Å². The van der Waals surface area contributed by atoms with Crippen molar-refractivity contribution in [1.82, 2.24) is 5.32 Å². The van der Waals surface area contributed by atoms with E-state index >= 15 is 0 Å². The van der Waals surface area contributed by atoms with E-state index in [0.29, 0.717) is 17.0 Å². The first-order valence-electron chi connectivity index (χ1n) is 5.02. The maximum absolute atomic E-state index is 11.7. The first-order chi connectivity index (χ1) is 6.72. The largest absolute Gasteiger partial charge is 0.312 e. The van der Waals surface area contributed by atoms with E-state index in [1.54, 1.807) is 0 Å². The summed E-state index contributed by atoms with van der Waals surface area (Å²) in [6.07, 6.45) is 2.37. The molecule has 2 rings (SSSR count). The van der Waals surface area contributed by atoms with Crippen molar-refractivity contribution in [2.45, 2.75) is 30.1 Å². The lowest BCUT2D eigenvalue weighted by atomic mass is 9.73. The number of fused-ring (bicyclic) bond motifs is 1. The predicted molar refractivity (Wildman–Crippen MR) is 56.0 cm³/mol. The number of carbonyl (C=O) groups is 1. The summed E-state index contributed by atoms with van der Waals surface area (Å²) in [5.41, 5.74) is 0. The molecule has 1 aliphatic carbocycles. The molecule has 4 unspecified atom stereocenters. The molecular formula is C10H13BrN2O. The van der Waals surface area contributed by atoms with E-state index in [4.69, 9.17) is 5.26 Å². The third kappa shape index (κ3) is 1.71. The van der Waals surface area contributed by atoms with Crippen molar-refractivity contribution in [1.29, 1.82) is 5.26 Å². The van der Waals surface area contributed by atoms with Gasteiger partial charge in [-0.2, -0.15) is 5.26 Å². The molecule has 3 nitrogen and oxygen atoms in total. The van der Waals surface area contributed by atoms with Gasteiger partial charge in [-0.15, -0.1) is 0 Å². The van der Waals surface area contributed by atoms with Crippen LogP contribution >= 0.6 is 15.9 Å². The fraction of sp³-hybridized carbons (Fsp3) is 0.800. The van der Waals surface area contributed by atoms with E-state index < -0.39 is 0 Å². The molecule has 76 valence electrons. The van der Waals surface area contributed by atoms with E-state index in [0.717, 1.165) is 19.4 Å². The fourth-order valence-electron chi connectivity index (χ4n) is 2.52. The monoisotopic (exact) mass is 256 g/mol. The normalized spacial score (nSPS) is 42.7. The Balaban J connectivity index is 2.18. The van der Waals surface area contributed by atoms with Crippen LogP contribution < -0.4 is 5.32 Å². The highest BCUT2D eigenvalue weighted by atomic mass is 79.9. The summed E-state index contributed by atoms with van der Waals surface area (Å²) in [4.78, 5) is 12.0. The van der Waals surface area contributed by atoms with Gasteiger partial charge in [-0.3, -0.25) is 4.79 Å². The molecule has 1 aliphatic heterocycles. The second-order valence-electron chi connectivity index (χ2n) is 4.11. The lowest BCUT2D eigenvalue weighted by Crippen LogP contribution is -2.53. The maximum atomic E-state index is 11.7. The smallest absolute Gasteiger partial charge is 0.138 e. The Morgan fingerprint density at radius 3 is 3.00 bits per heavy atom. The topological polar surface area (TPSA) is 52.9 Å². The summed E-state index contributed by atoms with van der Waals surface area (Å²) >= 11 is 3.53.